The average molecular weight is 455 g/mol. The van der Waals surface area contributed by atoms with E-state index in [4.69, 9.17) is 4.98 Å². The van der Waals surface area contributed by atoms with Gasteiger partial charge in [-0.25, -0.2) is 13.8 Å². The monoisotopic (exact) mass is 454 g/mol. The molecule has 1 aromatic heterocycles. The molecule has 2 atom stereocenters. The van der Waals surface area contributed by atoms with E-state index in [9.17, 15) is 18.1 Å². The molecule has 0 bridgehead atoms. The molecule has 0 spiro atoms. The second-order valence-electron chi connectivity index (χ2n) is 9.89. The minimum atomic E-state index is -2.39. The standard InChI is InChI=1S/C22H32F2N4O2S/c1-13-8-15(14(2)26-31(30)21(3,4)5)18-16(9-13)19(29)27(7)20(25-18)22(6)11-28(12-22)10-17(23)24/h8-9,14,17,26H,10-12H2,1-7H3/t14-,31?/m1/s1. The summed E-state index contributed by atoms with van der Waals surface area (Å²) in [4.78, 5) is 19.8. The quantitative estimate of drug-likeness (QED) is 0.679. The van der Waals surface area contributed by atoms with Crippen molar-refractivity contribution in [1.29, 1.82) is 0 Å². The van der Waals surface area contributed by atoms with Gasteiger partial charge >= 0.3 is 0 Å². The van der Waals surface area contributed by atoms with Crippen LogP contribution in [0.4, 0.5) is 8.78 Å². The summed E-state index contributed by atoms with van der Waals surface area (Å²) < 4.78 is 42.4. The molecular weight excluding hydrogens is 422 g/mol. The minimum absolute atomic E-state index is 0.164. The zero-order valence-corrected chi connectivity index (χ0v) is 20.1. The lowest BCUT2D eigenvalue weighted by molar-refractivity contribution is 0.00892. The molecule has 0 amide bonds. The van der Waals surface area contributed by atoms with Crippen LogP contribution in [-0.2, 0) is 23.8 Å². The van der Waals surface area contributed by atoms with Gasteiger partial charge in [0.1, 0.15) is 10.6 Å². The van der Waals surface area contributed by atoms with Crippen molar-refractivity contribution < 1.29 is 13.3 Å². The van der Waals surface area contributed by atoms with Gasteiger partial charge in [0.15, 0.2) is 0 Å². The van der Waals surface area contributed by atoms with Gasteiger partial charge in [-0.2, -0.15) is 0 Å². The molecule has 1 unspecified atom stereocenters. The third-order valence-corrected chi connectivity index (χ3v) is 7.42. The molecule has 172 valence electrons. The number of aromatic nitrogens is 2. The van der Waals surface area contributed by atoms with Gasteiger partial charge in [0.25, 0.3) is 12.0 Å². The molecule has 1 aliphatic rings. The Morgan fingerprint density at radius 3 is 2.48 bits per heavy atom. The first-order valence-corrected chi connectivity index (χ1v) is 11.6. The number of alkyl halides is 2. The summed E-state index contributed by atoms with van der Waals surface area (Å²) in [5.41, 5.74) is 1.65. The maximum Gasteiger partial charge on any atom is 0.261 e. The van der Waals surface area contributed by atoms with Crippen molar-refractivity contribution in [3.8, 4) is 0 Å². The highest BCUT2D eigenvalue weighted by Gasteiger charge is 2.44. The Morgan fingerprint density at radius 1 is 1.32 bits per heavy atom. The predicted octanol–water partition coefficient (Wildman–Crippen LogP) is 3.19. The molecule has 1 fully saturated rings. The van der Waals surface area contributed by atoms with E-state index >= 15 is 0 Å². The van der Waals surface area contributed by atoms with Gasteiger partial charge in [-0.3, -0.25) is 14.3 Å². The molecule has 2 heterocycles. The van der Waals surface area contributed by atoms with Gasteiger partial charge in [0, 0.05) is 37.1 Å². The summed E-state index contributed by atoms with van der Waals surface area (Å²) in [5.74, 6) is 0.588. The fourth-order valence-electron chi connectivity index (χ4n) is 4.23. The van der Waals surface area contributed by atoms with Gasteiger partial charge in [-0.15, -0.1) is 4.72 Å². The van der Waals surface area contributed by atoms with Gasteiger partial charge in [0.05, 0.1) is 28.9 Å². The van der Waals surface area contributed by atoms with Gasteiger partial charge < -0.3 is 4.55 Å². The van der Waals surface area contributed by atoms with Crippen LogP contribution in [0.5, 0.6) is 0 Å². The van der Waals surface area contributed by atoms with Crippen LogP contribution in [-0.4, -0.2) is 49.8 Å². The molecule has 1 saturated heterocycles. The predicted molar refractivity (Wildman–Crippen MR) is 121 cm³/mol. The Bertz CT molecular complexity index is 1030. The Labute approximate surface area is 185 Å². The number of hydrogen-bond donors (Lipinski definition) is 1. The Hall–Kier alpha value is -1.55. The molecule has 3 rings (SSSR count). The van der Waals surface area contributed by atoms with Crippen molar-refractivity contribution in [3.63, 3.8) is 0 Å². The number of nitrogens with one attached hydrogen (secondary N) is 1. The Morgan fingerprint density at radius 2 is 1.94 bits per heavy atom. The van der Waals surface area contributed by atoms with E-state index in [1.165, 1.54) is 4.57 Å². The zero-order valence-electron chi connectivity index (χ0n) is 19.3. The maximum absolute atomic E-state index is 13.2. The van der Waals surface area contributed by atoms with Crippen molar-refractivity contribution in [2.75, 3.05) is 19.6 Å². The molecule has 1 aromatic carbocycles. The van der Waals surface area contributed by atoms with Crippen LogP contribution in [0.3, 0.4) is 0 Å². The van der Waals surface area contributed by atoms with Crippen molar-refractivity contribution in [2.45, 2.75) is 64.2 Å². The van der Waals surface area contributed by atoms with Gasteiger partial charge in [-0.1, -0.05) is 13.0 Å². The summed E-state index contributed by atoms with van der Waals surface area (Å²) in [6.07, 6.45) is -2.39. The number of likely N-dealkylation sites (tertiary alicyclic amines) is 1. The number of fused-ring (bicyclic) bond motifs is 1. The van der Waals surface area contributed by atoms with Crippen LogP contribution in [0, 0.1) is 6.92 Å². The normalized spacial score (nSPS) is 18.9. The number of halogens is 2. The molecular formula is C22H32F2N4O2S. The third kappa shape index (κ3) is 4.79. The van der Waals surface area contributed by atoms with E-state index in [-0.39, 0.29) is 18.1 Å². The van der Waals surface area contributed by atoms with E-state index < -0.39 is 27.9 Å². The topological polar surface area (TPSA) is 73.2 Å². The lowest BCUT2D eigenvalue weighted by Crippen LogP contribution is -2.60. The molecule has 0 saturated carbocycles. The third-order valence-electron chi connectivity index (χ3n) is 5.74. The summed E-state index contributed by atoms with van der Waals surface area (Å²) in [7, 11) is 1.68. The number of hydrogen-bond acceptors (Lipinski definition) is 5. The van der Waals surface area contributed by atoms with Crippen molar-refractivity contribution >= 4 is 22.3 Å². The molecule has 2 aromatic rings. The van der Waals surface area contributed by atoms with E-state index in [2.05, 4.69) is 4.72 Å². The highest BCUT2D eigenvalue weighted by Crippen LogP contribution is 2.34. The molecule has 1 N–H and O–H groups in total. The maximum atomic E-state index is 13.2. The molecule has 6 nitrogen and oxygen atoms in total. The molecule has 1 aliphatic heterocycles. The number of aryl methyl sites for hydroxylation is 1. The first-order valence-electron chi connectivity index (χ1n) is 10.4. The highest BCUT2D eigenvalue weighted by molar-refractivity contribution is 7.90. The highest BCUT2D eigenvalue weighted by atomic mass is 32.2. The van der Waals surface area contributed by atoms with E-state index in [1.54, 1.807) is 11.9 Å². The smallest absolute Gasteiger partial charge is 0.261 e. The lowest BCUT2D eigenvalue weighted by Gasteiger charge is -2.47. The van der Waals surface area contributed by atoms with Gasteiger partial charge in [0.2, 0.25) is 0 Å². The average Bonchev–Trinajstić information content (AvgIpc) is 2.61. The zero-order chi connectivity index (χ0) is 23.3. The van der Waals surface area contributed by atoms with Crippen LogP contribution in [0.25, 0.3) is 10.9 Å². The van der Waals surface area contributed by atoms with Crippen molar-refractivity contribution in [1.82, 2.24) is 19.2 Å². The van der Waals surface area contributed by atoms with Crippen molar-refractivity contribution in [3.05, 3.63) is 39.4 Å². The van der Waals surface area contributed by atoms with E-state index in [1.807, 2.05) is 53.7 Å². The number of rotatable bonds is 6. The van der Waals surface area contributed by atoms with Crippen LogP contribution in [0.1, 0.15) is 57.6 Å². The number of nitrogens with zero attached hydrogens (tertiary/aromatic N) is 3. The summed E-state index contributed by atoms with van der Waals surface area (Å²) in [6.45, 7) is 12.0. The van der Waals surface area contributed by atoms with Gasteiger partial charge in [-0.05, 0) is 46.2 Å². The SMILES string of the molecule is Cc1cc([C@@H](C)N[S+]([O-])C(C)(C)C)c2nc(C3(C)CN(CC(F)F)C3)n(C)c(=O)c2c1. The Kier molecular flexibility index (Phi) is 6.55. The summed E-state index contributed by atoms with van der Waals surface area (Å²) in [6, 6.07) is 3.49. The first kappa shape index (κ1) is 24.1. The van der Waals surface area contributed by atoms with E-state index in [0.29, 0.717) is 29.8 Å². The van der Waals surface area contributed by atoms with E-state index in [0.717, 1.165) is 11.1 Å². The Balaban J connectivity index is 2.06. The summed E-state index contributed by atoms with van der Waals surface area (Å²) >= 11 is -1.29. The lowest BCUT2D eigenvalue weighted by atomic mass is 9.80. The second-order valence-corrected chi connectivity index (χ2v) is 11.9. The molecule has 31 heavy (non-hydrogen) atoms. The first-order chi connectivity index (χ1) is 14.2. The minimum Gasteiger partial charge on any atom is -0.598 e. The summed E-state index contributed by atoms with van der Waals surface area (Å²) in [5, 5.41) is 0.504. The number of benzene rings is 1. The van der Waals surface area contributed by atoms with Crippen LogP contribution in [0.2, 0.25) is 0 Å². The molecule has 0 aliphatic carbocycles. The van der Waals surface area contributed by atoms with Crippen LogP contribution < -0.4 is 10.3 Å². The fraction of sp³-hybridized carbons (Fsp3) is 0.636. The fourth-order valence-corrected chi connectivity index (χ4v) is 5.03. The van der Waals surface area contributed by atoms with Crippen LogP contribution >= 0.6 is 0 Å². The van der Waals surface area contributed by atoms with Crippen LogP contribution in [0.15, 0.2) is 16.9 Å². The van der Waals surface area contributed by atoms with Crippen molar-refractivity contribution in [2.24, 2.45) is 7.05 Å². The molecule has 9 heteroatoms. The molecule has 0 radical (unpaired) electrons. The second kappa shape index (κ2) is 8.42. The largest absolute Gasteiger partial charge is 0.598 e.